The quantitative estimate of drug-likeness (QED) is 0.417. The van der Waals surface area contributed by atoms with Crippen LogP contribution in [0.5, 0.6) is 0 Å². The van der Waals surface area contributed by atoms with Gasteiger partial charge in [-0.3, -0.25) is 0 Å². The van der Waals surface area contributed by atoms with Crippen LogP contribution in [0.2, 0.25) is 0 Å². The van der Waals surface area contributed by atoms with Gasteiger partial charge in [-0.05, 0) is 94.0 Å². The van der Waals surface area contributed by atoms with Gasteiger partial charge in [-0.1, -0.05) is 37.6 Å². The molecule has 0 aliphatic heterocycles. The van der Waals surface area contributed by atoms with Gasteiger partial charge in [0.2, 0.25) is 0 Å². The maximum atomic E-state index is 6.19. The van der Waals surface area contributed by atoms with Crippen molar-refractivity contribution in [1.82, 2.24) is 4.90 Å². The van der Waals surface area contributed by atoms with E-state index in [1.807, 2.05) is 0 Å². The van der Waals surface area contributed by atoms with Crippen molar-refractivity contribution >= 4 is 0 Å². The molecule has 0 heterocycles. The molecule has 164 valence electrons. The first-order valence-corrected chi connectivity index (χ1v) is 12.1. The Kier molecular flexibility index (Phi) is 6.31. The lowest BCUT2D eigenvalue weighted by Crippen LogP contribution is -2.49. The van der Waals surface area contributed by atoms with Crippen LogP contribution in [0.25, 0.3) is 0 Å². The van der Waals surface area contributed by atoms with Gasteiger partial charge in [0.15, 0.2) is 0 Å². The van der Waals surface area contributed by atoms with Crippen molar-refractivity contribution in [2.75, 3.05) is 40.5 Å². The standard InChI is InChI=1S/C26H43NO2/c1-19-6-9-23-22-8-7-20-18-21(29-17-16-28-15-14-27(4)5)10-12-26(20,3)24(22)11-13-25(19,23)2/h18,21-24H,1,6-17H2,2-5H3/t21-,22?,23?,24?,25+,26-/m0/s1. The minimum absolute atomic E-state index is 0.298. The highest BCUT2D eigenvalue weighted by Gasteiger charge is 2.57. The highest BCUT2D eigenvalue weighted by atomic mass is 16.5. The van der Waals surface area contributed by atoms with Crippen LogP contribution >= 0.6 is 0 Å². The van der Waals surface area contributed by atoms with Gasteiger partial charge in [-0.2, -0.15) is 0 Å². The van der Waals surface area contributed by atoms with Gasteiger partial charge in [-0.25, -0.2) is 0 Å². The van der Waals surface area contributed by atoms with E-state index >= 15 is 0 Å². The zero-order valence-corrected chi connectivity index (χ0v) is 19.3. The Morgan fingerprint density at radius 2 is 1.72 bits per heavy atom. The zero-order chi connectivity index (χ0) is 20.6. The molecule has 0 bridgehead atoms. The van der Waals surface area contributed by atoms with Gasteiger partial charge in [0, 0.05) is 6.54 Å². The van der Waals surface area contributed by atoms with E-state index in [2.05, 4.69) is 45.5 Å². The molecule has 4 aliphatic carbocycles. The molecule has 3 unspecified atom stereocenters. The maximum Gasteiger partial charge on any atom is 0.0760 e. The Morgan fingerprint density at radius 1 is 0.966 bits per heavy atom. The molecule has 0 aromatic heterocycles. The lowest BCUT2D eigenvalue weighted by Gasteiger charge is -2.58. The fourth-order valence-corrected chi connectivity index (χ4v) is 7.34. The van der Waals surface area contributed by atoms with Crippen molar-refractivity contribution in [3.8, 4) is 0 Å². The van der Waals surface area contributed by atoms with Crippen LogP contribution in [0.15, 0.2) is 23.8 Å². The molecule has 3 saturated carbocycles. The summed E-state index contributed by atoms with van der Waals surface area (Å²) in [7, 11) is 4.16. The van der Waals surface area contributed by atoms with Crippen molar-refractivity contribution in [2.24, 2.45) is 28.6 Å². The normalized spacial score (nSPS) is 41.7. The number of fused-ring (bicyclic) bond motifs is 5. The maximum absolute atomic E-state index is 6.19. The molecule has 0 spiro atoms. The SMILES string of the molecule is C=C1CCC2C3CCC4=C[C@@H](OCCOCCN(C)C)CC[C@]4(C)C3CC[C@]12C. The minimum atomic E-state index is 0.298. The van der Waals surface area contributed by atoms with E-state index in [1.165, 1.54) is 51.4 Å². The molecular weight excluding hydrogens is 358 g/mol. The number of allylic oxidation sites excluding steroid dienone is 2. The van der Waals surface area contributed by atoms with E-state index in [1.54, 1.807) is 11.1 Å². The minimum Gasteiger partial charge on any atom is -0.378 e. The number of rotatable bonds is 7. The second-order valence-electron chi connectivity index (χ2n) is 11.0. The second-order valence-corrected chi connectivity index (χ2v) is 11.0. The number of hydrogen-bond acceptors (Lipinski definition) is 3. The van der Waals surface area contributed by atoms with Crippen LogP contribution in [-0.4, -0.2) is 51.5 Å². The topological polar surface area (TPSA) is 21.7 Å². The molecule has 0 aromatic rings. The Hall–Kier alpha value is -0.640. The van der Waals surface area contributed by atoms with Crippen LogP contribution in [0.3, 0.4) is 0 Å². The molecule has 0 N–H and O–H groups in total. The summed E-state index contributed by atoms with van der Waals surface area (Å²) in [6.45, 7) is 12.8. The van der Waals surface area contributed by atoms with Crippen molar-refractivity contribution in [2.45, 2.75) is 71.3 Å². The van der Waals surface area contributed by atoms with Crippen LogP contribution < -0.4 is 0 Å². The van der Waals surface area contributed by atoms with Crippen LogP contribution in [0, 0.1) is 28.6 Å². The fraction of sp³-hybridized carbons (Fsp3) is 0.846. The molecule has 4 aliphatic rings. The Balaban J connectivity index is 1.35. The van der Waals surface area contributed by atoms with Crippen LogP contribution in [0.1, 0.15) is 65.2 Å². The first kappa shape index (κ1) is 21.6. The number of nitrogens with zero attached hydrogens (tertiary/aromatic N) is 1. The second kappa shape index (κ2) is 8.48. The van der Waals surface area contributed by atoms with Crippen molar-refractivity contribution in [3.63, 3.8) is 0 Å². The smallest absolute Gasteiger partial charge is 0.0760 e. The zero-order valence-electron chi connectivity index (χ0n) is 19.3. The van der Waals surface area contributed by atoms with Gasteiger partial charge < -0.3 is 14.4 Å². The third-order valence-corrected chi connectivity index (χ3v) is 9.27. The van der Waals surface area contributed by atoms with Gasteiger partial charge in [-0.15, -0.1) is 0 Å². The molecule has 0 radical (unpaired) electrons. The summed E-state index contributed by atoms with van der Waals surface area (Å²) >= 11 is 0. The highest BCUT2D eigenvalue weighted by Crippen LogP contribution is 2.66. The average molecular weight is 402 g/mol. The van der Waals surface area contributed by atoms with Crippen LogP contribution in [0.4, 0.5) is 0 Å². The van der Waals surface area contributed by atoms with Crippen molar-refractivity contribution in [3.05, 3.63) is 23.8 Å². The fourth-order valence-electron chi connectivity index (χ4n) is 7.34. The Bertz CT molecular complexity index is 641. The summed E-state index contributed by atoms with van der Waals surface area (Å²) in [5.41, 5.74) is 4.11. The summed E-state index contributed by atoms with van der Waals surface area (Å²) in [5.74, 6) is 2.68. The predicted molar refractivity (Wildman–Crippen MR) is 120 cm³/mol. The Morgan fingerprint density at radius 3 is 2.52 bits per heavy atom. The molecule has 0 amide bonds. The van der Waals surface area contributed by atoms with Gasteiger partial charge in [0.1, 0.15) is 0 Å². The summed E-state index contributed by atoms with van der Waals surface area (Å²) in [6, 6.07) is 0. The summed E-state index contributed by atoms with van der Waals surface area (Å²) in [4.78, 5) is 2.15. The largest absolute Gasteiger partial charge is 0.378 e. The average Bonchev–Trinajstić information content (AvgIpc) is 2.99. The van der Waals surface area contributed by atoms with E-state index in [0.717, 1.165) is 30.9 Å². The third kappa shape index (κ3) is 4.00. The van der Waals surface area contributed by atoms with Gasteiger partial charge >= 0.3 is 0 Å². The molecule has 3 heteroatoms. The van der Waals surface area contributed by atoms with E-state index < -0.39 is 0 Å². The lowest BCUT2D eigenvalue weighted by molar-refractivity contribution is -0.0412. The molecule has 3 fully saturated rings. The van der Waals surface area contributed by atoms with E-state index in [4.69, 9.17) is 9.47 Å². The predicted octanol–water partition coefficient (Wildman–Crippen LogP) is 5.47. The third-order valence-electron chi connectivity index (χ3n) is 9.27. The first-order chi connectivity index (χ1) is 13.8. The number of ether oxygens (including phenoxy) is 2. The van der Waals surface area contributed by atoms with Crippen LogP contribution in [-0.2, 0) is 9.47 Å². The molecule has 29 heavy (non-hydrogen) atoms. The van der Waals surface area contributed by atoms with E-state index in [0.29, 0.717) is 30.1 Å². The first-order valence-electron chi connectivity index (χ1n) is 12.1. The summed E-state index contributed by atoms with van der Waals surface area (Å²) < 4.78 is 11.9. The lowest BCUT2D eigenvalue weighted by atomic mass is 9.47. The molecule has 4 rings (SSSR count). The molecule has 3 nitrogen and oxygen atoms in total. The van der Waals surface area contributed by atoms with Crippen molar-refractivity contribution in [1.29, 1.82) is 0 Å². The molecular formula is C26H43NO2. The molecule has 6 atom stereocenters. The van der Waals surface area contributed by atoms with Gasteiger partial charge in [0.25, 0.3) is 0 Å². The molecule has 0 saturated heterocycles. The van der Waals surface area contributed by atoms with Gasteiger partial charge in [0.05, 0.1) is 25.9 Å². The monoisotopic (exact) mass is 401 g/mol. The number of hydrogen-bond donors (Lipinski definition) is 0. The molecule has 0 aromatic carbocycles. The van der Waals surface area contributed by atoms with E-state index in [9.17, 15) is 0 Å². The highest BCUT2D eigenvalue weighted by molar-refractivity contribution is 5.28. The summed E-state index contributed by atoms with van der Waals surface area (Å²) in [5, 5.41) is 0. The number of likely N-dealkylation sites (N-methyl/N-ethyl adjacent to an activating group) is 1. The van der Waals surface area contributed by atoms with E-state index in [-0.39, 0.29) is 0 Å². The van der Waals surface area contributed by atoms with Crippen molar-refractivity contribution < 1.29 is 9.47 Å². The Labute approximate surface area is 178 Å². The summed E-state index contributed by atoms with van der Waals surface area (Å²) in [6.07, 6.45) is 13.4.